The number of morpholine rings is 1. The fraction of sp³-hybridized carbons (Fsp3) is 0.750. The number of hydrogen-bond acceptors (Lipinski definition) is 5. The van der Waals surface area contributed by atoms with Crippen LogP contribution in [0.5, 0.6) is 0 Å². The first-order valence-electron chi connectivity index (χ1n) is 10.3. The third-order valence-corrected chi connectivity index (χ3v) is 6.40. The topological polar surface area (TPSA) is 52.1 Å². The molecule has 1 aromatic rings. The first-order chi connectivity index (χ1) is 13.3. The quantitative estimate of drug-likeness (QED) is 0.313. The van der Waals surface area contributed by atoms with Crippen LogP contribution < -0.4 is 10.6 Å². The van der Waals surface area contributed by atoms with Crippen LogP contribution in [0.25, 0.3) is 0 Å². The molecule has 2 aliphatic heterocycles. The molecule has 3 rings (SSSR count). The van der Waals surface area contributed by atoms with Gasteiger partial charge in [-0.2, -0.15) is 0 Å². The van der Waals surface area contributed by atoms with Gasteiger partial charge in [-0.1, -0.05) is 13.0 Å². The summed E-state index contributed by atoms with van der Waals surface area (Å²) in [6, 6.07) is 4.75. The van der Waals surface area contributed by atoms with Crippen LogP contribution in [-0.4, -0.2) is 81.8 Å². The van der Waals surface area contributed by atoms with Crippen molar-refractivity contribution in [3.8, 4) is 0 Å². The number of rotatable bonds is 8. The first kappa shape index (κ1) is 23.9. The molecular weight excluding hydrogens is 485 g/mol. The number of nitrogens with one attached hydrogen (secondary N) is 2. The highest BCUT2D eigenvalue weighted by Gasteiger charge is 2.23. The van der Waals surface area contributed by atoms with Crippen molar-refractivity contribution < 1.29 is 4.74 Å². The third-order valence-electron chi connectivity index (χ3n) is 5.43. The molecule has 2 atom stereocenters. The molecule has 28 heavy (non-hydrogen) atoms. The Bertz CT molecular complexity index is 559. The average molecular weight is 522 g/mol. The van der Waals surface area contributed by atoms with Crippen LogP contribution in [0.3, 0.4) is 0 Å². The summed E-state index contributed by atoms with van der Waals surface area (Å²) in [4.78, 5) is 10.9. The maximum atomic E-state index is 5.53. The van der Waals surface area contributed by atoms with Gasteiger partial charge >= 0.3 is 0 Å². The van der Waals surface area contributed by atoms with Crippen LogP contribution in [0.4, 0.5) is 0 Å². The van der Waals surface area contributed by atoms with E-state index in [2.05, 4.69) is 49.9 Å². The molecule has 2 saturated heterocycles. The van der Waals surface area contributed by atoms with Gasteiger partial charge in [-0.25, -0.2) is 0 Å². The predicted octanol–water partition coefficient (Wildman–Crippen LogP) is 2.64. The SMILES string of the molecule is CN=C(NCC(C)CN1CCCC1)NCC(c1cccs1)N1CCOCC1.I. The summed E-state index contributed by atoms with van der Waals surface area (Å²) < 4.78 is 5.53. The number of ether oxygens (including phenoxy) is 1. The smallest absolute Gasteiger partial charge is 0.191 e. The maximum Gasteiger partial charge on any atom is 0.191 e. The molecule has 2 N–H and O–H groups in total. The molecule has 2 aliphatic rings. The molecule has 0 bridgehead atoms. The number of nitrogens with zero attached hydrogens (tertiary/aromatic N) is 3. The number of guanidine groups is 1. The number of hydrogen-bond donors (Lipinski definition) is 2. The highest BCUT2D eigenvalue weighted by Crippen LogP contribution is 2.25. The summed E-state index contributed by atoms with van der Waals surface area (Å²) in [5, 5.41) is 9.24. The van der Waals surface area contributed by atoms with Crippen molar-refractivity contribution >= 4 is 41.3 Å². The van der Waals surface area contributed by atoms with E-state index in [9.17, 15) is 0 Å². The summed E-state index contributed by atoms with van der Waals surface area (Å²) >= 11 is 1.83. The highest BCUT2D eigenvalue weighted by molar-refractivity contribution is 14.0. The van der Waals surface area contributed by atoms with Crippen LogP contribution in [0.15, 0.2) is 22.5 Å². The van der Waals surface area contributed by atoms with Crippen LogP contribution in [-0.2, 0) is 4.74 Å². The van der Waals surface area contributed by atoms with Crippen LogP contribution in [0.2, 0.25) is 0 Å². The van der Waals surface area contributed by atoms with Crippen LogP contribution in [0, 0.1) is 5.92 Å². The lowest BCUT2D eigenvalue weighted by molar-refractivity contribution is 0.0177. The fourth-order valence-corrected chi connectivity index (χ4v) is 4.80. The van der Waals surface area contributed by atoms with E-state index in [0.29, 0.717) is 12.0 Å². The number of thiophene rings is 1. The van der Waals surface area contributed by atoms with Gasteiger partial charge in [0.25, 0.3) is 0 Å². The van der Waals surface area contributed by atoms with E-state index in [0.717, 1.165) is 45.4 Å². The van der Waals surface area contributed by atoms with Gasteiger partial charge in [-0.15, -0.1) is 35.3 Å². The summed E-state index contributed by atoms with van der Waals surface area (Å²) in [5.41, 5.74) is 0. The van der Waals surface area contributed by atoms with Crippen molar-refractivity contribution in [2.24, 2.45) is 10.9 Å². The van der Waals surface area contributed by atoms with Gasteiger partial charge in [0, 0.05) is 44.6 Å². The molecular formula is C20H36IN5OS. The van der Waals surface area contributed by atoms with Gasteiger partial charge in [-0.3, -0.25) is 9.89 Å². The second-order valence-electron chi connectivity index (χ2n) is 7.63. The minimum atomic E-state index is 0. The predicted molar refractivity (Wildman–Crippen MR) is 129 cm³/mol. The molecule has 0 radical (unpaired) electrons. The Morgan fingerprint density at radius 2 is 1.89 bits per heavy atom. The van der Waals surface area contributed by atoms with Crippen molar-refractivity contribution in [2.75, 3.05) is 66.1 Å². The minimum absolute atomic E-state index is 0. The minimum Gasteiger partial charge on any atom is -0.379 e. The van der Waals surface area contributed by atoms with E-state index < -0.39 is 0 Å². The normalized spacial score (nSPS) is 21.1. The van der Waals surface area contributed by atoms with E-state index in [-0.39, 0.29) is 24.0 Å². The Kier molecular flexibility index (Phi) is 11.1. The number of halogens is 1. The first-order valence-corrected chi connectivity index (χ1v) is 11.2. The fourth-order valence-electron chi connectivity index (χ4n) is 3.94. The van der Waals surface area contributed by atoms with Gasteiger partial charge in [0.2, 0.25) is 0 Å². The molecule has 0 aromatic carbocycles. The lowest BCUT2D eigenvalue weighted by Gasteiger charge is -2.34. The largest absolute Gasteiger partial charge is 0.379 e. The van der Waals surface area contributed by atoms with Gasteiger partial charge in [0.1, 0.15) is 0 Å². The molecule has 0 spiro atoms. The van der Waals surface area contributed by atoms with E-state index in [1.54, 1.807) is 0 Å². The van der Waals surface area contributed by atoms with E-state index in [4.69, 9.17) is 4.74 Å². The molecule has 0 saturated carbocycles. The monoisotopic (exact) mass is 521 g/mol. The molecule has 6 nitrogen and oxygen atoms in total. The van der Waals surface area contributed by atoms with Crippen LogP contribution >= 0.6 is 35.3 Å². The second-order valence-corrected chi connectivity index (χ2v) is 8.61. The summed E-state index contributed by atoms with van der Waals surface area (Å²) in [5.74, 6) is 1.52. The molecule has 0 amide bonds. The zero-order valence-electron chi connectivity index (χ0n) is 17.2. The standard InChI is InChI=1S/C20H35N5OS.HI/c1-17(16-24-7-3-4-8-24)14-22-20(21-2)23-15-18(19-6-5-13-27-19)25-9-11-26-12-10-25;/h5-6,13,17-18H,3-4,7-12,14-16H2,1-2H3,(H2,21,22,23);1H. The molecule has 2 fully saturated rings. The zero-order chi connectivity index (χ0) is 18.9. The molecule has 2 unspecified atom stereocenters. The van der Waals surface area contributed by atoms with Gasteiger partial charge in [0.15, 0.2) is 5.96 Å². The van der Waals surface area contributed by atoms with Crippen LogP contribution in [0.1, 0.15) is 30.7 Å². The Balaban J connectivity index is 0.00000280. The molecule has 3 heterocycles. The summed E-state index contributed by atoms with van der Waals surface area (Å²) in [7, 11) is 1.86. The molecule has 160 valence electrons. The van der Waals surface area contributed by atoms with Crippen molar-refractivity contribution in [1.29, 1.82) is 0 Å². The van der Waals surface area contributed by atoms with Gasteiger partial charge in [-0.05, 0) is 43.3 Å². The Hall–Kier alpha value is -0.420. The Morgan fingerprint density at radius 1 is 1.18 bits per heavy atom. The zero-order valence-corrected chi connectivity index (χ0v) is 20.4. The molecule has 8 heteroatoms. The van der Waals surface area contributed by atoms with Gasteiger partial charge in [0.05, 0.1) is 19.3 Å². The molecule has 1 aromatic heterocycles. The lowest BCUT2D eigenvalue weighted by Crippen LogP contribution is -2.47. The van der Waals surface area contributed by atoms with Crippen molar-refractivity contribution in [2.45, 2.75) is 25.8 Å². The highest BCUT2D eigenvalue weighted by atomic mass is 127. The summed E-state index contributed by atoms with van der Waals surface area (Å²) in [6.07, 6.45) is 2.71. The molecule has 0 aliphatic carbocycles. The number of likely N-dealkylation sites (tertiary alicyclic amines) is 1. The lowest BCUT2D eigenvalue weighted by atomic mass is 10.1. The van der Waals surface area contributed by atoms with E-state index in [1.165, 1.54) is 37.4 Å². The van der Waals surface area contributed by atoms with E-state index in [1.807, 2.05) is 18.4 Å². The average Bonchev–Trinajstić information content (AvgIpc) is 3.39. The van der Waals surface area contributed by atoms with Crippen molar-refractivity contribution in [3.05, 3.63) is 22.4 Å². The number of aliphatic imine (C=N–C) groups is 1. The summed E-state index contributed by atoms with van der Waals surface area (Å²) in [6.45, 7) is 11.5. The van der Waals surface area contributed by atoms with E-state index >= 15 is 0 Å². The Labute approximate surface area is 191 Å². The van der Waals surface area contributed by atoms with Crippen molar-refractivity contribution in [1.82, 2.24) is 20.4 Å². The third kappa shape index (κ3) is 7.44. The van der Waals surface area contributed by atoms with Crippen molar-refractivity contribution in [3.63, 3.8) is 0 Å². The Morgan fingerprint density at radius 3 is 2.54 bits per heavy atom. The van der Waals surface area contributed by atoms with Gasteiger partial charge < -0.3 is 20.3 Å². The second kappa shape index (κ2) is 13.0. The maximum absolute atomic E-state index is 5.53.